The Kier molecular flexibility index (Phi) is 5.08. The van der Waals surface area contributed by atoms with Gasteiger partial charge in [0.15, 0.2) is 0 Å². The van der Waals surface area contributed by atoms with E-state index < -0.39 is 11.7 Å². The van der Waals surface area contributed by atoms with Crippen molar-refractivity contribution in [3.63, 3.8) is 0 Å². The average Bonchev–Trinajstić information content (AvgIpc) is 2.96. The zero-order chi connectivity index (χ0) is 20.5. The lowest BCUT2D eigenvalue weighted by Crippen LogP contribution is -2.14. The summed E-state index contributed by atoms with van der Waals surface area (Å²) in [5.41, 5.74) is 7.32. The number of pyridine rings is 1. The van der Waals surface area contributed by atoms with Gasteiger partial charge in [-0.2, -0.15) is 18.3 Å². The van der Waals surface area contributed by atoms with Gasteiger partial charge < -0.3 is 10.6 Å². The van der Waals surface area contributed by atoms with Crippen LogP contribution in [-0.2, 0) is 6.18 Å². The molecule has 2 aromatic heterocycles. The van der Waals surface area contributed by atoms with Crippen LogP contribution in [0.15, 0.2) is 47.7 Å². The van der Waals surface area contributed by atoms with E-state index in [2.05, 4.69) is 15.1 Å². The lowest BCUT2D eigenvalue weighted by Gasteiger charge is -2.16. The number of nitrogens with two attached hydrogens (primary N) is 1. The smallest absolute Gasteiger partial charge is 0.368 e. The molecule has 0 saturated carbocycles. The van der Waals surface area contributed by atoms with Crippen LogP contribution in [0.4, 0.5) is 24.9 Å². The Hall–Kier alpha value is -3.36. The molecule has 6 nitrogen and oxygen atoms in total. The number of halogens is 3. The van der Waals surface area contributed by atoms with E-state index in [4.69, 9.17) is 5.73 Å². The summed E-state index contributed by atoms with van der Waals surface area (Å²) in [4.78, 5) is 9.91. The largest absolute Gasteiger partial charge is 0.416 e. The Morgan fingerprint density at radius 2 is 1.79 bits per heavy atom. The molecule has 3 aromatic rings. The monoisotopic (exact) mass is 388 g/mol. The number of hydrogen-bond donors (Lipinski definition) is 1. The minimum Gasteiger partial charge on any atom is -0.368 e. The molecule has 2 heterocycles. The highest BCUT2D eigenvalue weighted by atomic mass is 19.4. The van der Waals surface area contributed by atoms with Crippen LogP contribution in [0.5, 0.6) is 0 Å². The number of benzene rings is 1. The lowest BCUT2D eigenvalue weighted by atomic mass is 10.1. The van der Waals surface area contributed by atoms with Crippen LogP contribution in [-0.4, -0.2) is 35.0 Å². The minimum atomic E-state index is -4.45. The van der Waals surface area contributed by atoms with E-state index in [1.807, 2.05) is 0 Å². The molecule has 9 heteroatoms. The number of nitrogen functional groups attached to an aromatic ring is 1. The van der Waals surface area contributed by atoms with Crippen LogP contribution < -0.4 is 10.6 Å². The number of rotatable bonds is 4. The van der Waals surface area contributed by atoms with Crippen LogP contribution in [0.3, 0.4) is 0 Å². The number of anilines is 2. The van der Waals surface area contributed by atoms with Gasteiger partial charge in [-0.25, -0.2) is 14.6 Å². The summed E-state index contributed by atoms with van der Waals surface area (Å²) in [6.45, 7) is 1.81. The zero-order valence-corrected chi connectivity index (χ0v) is 15.6. The molecule has 1 aromatic carbocycles. The molecule has 0 saturated heterocycles. The van der Waals surface area contributed by atoms with E-state index in [0.29, 0.717) is 5.56 Å². The molecule has 2 N–H and O–H groups in total. The first-order valence-corrected chi connectivity index (χ1v) is 8.36. The van der Waals surface area contributed by atoms with Crippen LogP contribution >= 0.6 is 0 Å². The van der Waals surface area contributed by atoms with Crippen LogP contribution in [0.2, 0.25) is 0 Å². The lowest BCUT2D eigenvalue weighted by molar-refractivity contribution is -0.137. The van der Waals surface area contributed by atoms with E-state index in [0.717, 1.165) is 23.4 Å². The maximum absolute atomic E-state index is 13.2. The molecular weight excluding hydrogens is 369 g/mol. The first-order valence-electron chi connectivity index (χ1n) is 8.36. The van der Waals surface area contributed by atoms with E-state index in [1.54, 1.807) is 57.7 Å². The Balaban J connectivity index is 1.91. The highest BCUT2D eigenvalue weighted by Crippen LogP contribution is 2.33. The fraction of sp³-hybridized carbons (Fsp3) is 0.211. The molecule has 28 heavy (non-hydrogen) atoms. The second-order valence-corrected chi connectivity index (χ2v) is 6.44. The maximum atomic E-state index is 13.2. The molecule has 0 radical (unpaired) electrons. The quantitative estimate of drug-likeness (QED) is 0.690. The summed E-state index contributed by atoms with van der Waals surface area (Å²) in [7, 11) is 3.30. The van der Waals surface area contributed by atoms with Gasteiger partial charge in [-0.15, -0.1) is 0 Å². The Morgan fingerprint density at radius 1 is 1.11 bits per heavy atom. The molecule has 0 atom stereocenters. The molecule has 146 valence electrons. The van der Waals surface area contributed by atoms with E-state index in [1.165, 1.54) is 9.58 Å². The molecule has 0 aliphatic rings. The number of imidazole rings is 1. The van der Waals surface area contributed by atoms with Crippen molar-refractivity contribution in [1.82, 2.24) is 14.6 Å². The zero-order valence-electron chi connectivity index (χ0n) is 15.6. The van der Waals surface area contributed by atoms with Gasteiger partial charge in [0, 0.05) is 19.7 Å². The van der Waals surface area contributed by atoms with Gasteiger partial charge >= 0.3 is 6.18 Å². The highest BCUT2D eigenvalue weighted by Gasteiger charge is 2.32. The Bertz CT molecular complexity index is 1000. The van der Waals surface area contributed by atoms with Gasteiger partial charge in [0.1, 0.15) is 5.82 Å². The first kappa shape index (κ1) is 19.4. The van der Waals surface area contributed by atoms with Crippen molar-refractivity contribution in [2.45, 2.75) is 13.1 Å². The number of aromatic nitrogens is 3. The van der Waals surface area contributed by atoms with Crippen LogP contribution in [0.1, 0.15) is 16.8 Å². The summed E-state index contributed by atoms with van der Waals surface area (Å²) in [5.74, 6) is 0.510. The molecule has 0 bridgehead atoms. The Morgan fingerprint density at radius 3 is 2.32 bits per heavy atom. The minimum absolute atomic E-state index is 0.237. The van der Waals surface area contributed by atoms with Gasteiger partial charge in [-0.1, -0.05) is 24.3 Å². The summed E-state index contributed by atoms with van der Waals surface area (Å²) in [5, 5.41) is 4.22. The molecule has 0 aliphatic heterocycles. The van der Waals surface area contributed by atoms with E-state index >= 15 is 0 Å². The second-order valence-electron chi connectivity index (χ2n) is 6.44. The van der Waals surface area contributed by atoms with Crippen molar-refractivity contribution in [3.8, 4) is 11.3 Å². The van der Waals surface area contributed by atoms with Crippen LogP contribution in [0.25, 0.3) is 11.3 Å². The highest BCUT2D eigenvalue weighted by molar-refractivity contribution is 5.81. The summed E-state index contributed by atoms with van der Waals surface area (Å²) >= 11 is 0. The van der Waals surface area contributed by atoms with Crippen molar-refractivity contribution in [2.24, 2.45) is 5.10 Å². The molecule has 0 fully saturated rings. The molecular formula is C19H19F3N6. The third-order valence-corrected chi connectivity index (χ3v) is 3.97. The normalized spacial score (nSPS) is 11.9. The SMILES string of the molecule is Cc1cn(N=Cc2ccc(-c3cc(C(F)(F)F)cc(N(C)C)n3)cc2)c(N)n1. The predicted molar refractivity (Wildman–Crippen MR) is 103 cm³/mol. The molecule has 0 spiro atoms. The van der Waals surface area contributed by atoms with Crippen molar-refractivity contribution in [2.75, 3.05) is 24.7 Å². The van der Waals surface area contributed by atoms with E-state index in [9.17, 15) is 13.2 Å². The van der Waals surface area contributed by atoms with Gasteiger partial charge in [0.2, 0.25) is 5.95 Å². The maximum Gasteiger partial charge on any atom is 0.416 e. The number of alkyl halides is 3. The fourth-order valence-electron chi connectivity index (χ4n) is 2.52. The first-order chi connectivity index (χ1) is 13.1. The summed E-state index contributed by atoms with van der Waals surface area (Å²) < 4.78 is 41.1. The van der Waals surface area contributed by atoms with E-state index in [-0.39, 0.29) is 17.5 Å². The summed E-state index contributed by atoms with van der Waals surface area (Å²) in [6.07, 6.45) is -1.17. The van der Waals surface area contributed by atoms with Gasteiger partial charge in [0.05, 0.1) is 29.4 Å². The molecule has 0 amide bonds. The standard InChI is InChI=1S/C19H19F3N6/c1-12-11-28(18(23)25-12)24-10-13-4-6-14(7-5-13)16-8-15(19(20,21)22)9-17(26-16)27(2)3/h4-11H,1-3H3,(H2,23,25). The van der Waals surface area contributed by atoms with Crippen molar-refractivity contribution in [3.05, 3.63) is 59.4 Å². The second kappa shape index (κ2) is 7.34. The van der Waals surface area contributed by atoms with Gasteiger partial charge in [-0.05, 0) is 24.6 Å². The van der Waals surface area contributed by atoms with Crippen molar-refractivity contribution >= 4 is 18.0 Å². The Labute approximate surface area is 160 Å². The topological polar surface area (TPSA) is 72.3 Å². The van der Waals surface area contributed by atoms with Gasteiger partial charge in [-0.3, -0.25) is 0 Å². The summed E-state index contributed by atoms with van der Waals surface area (Å²) in [6, 6.07) is 8.97. The molecule has 0 aliphatic carbocycles. The molecule has 0 unspecified atom stereocenters. The third kappa shape index (κ3) is 4.30. The third-order valence-electron chi connectivity index (χ3n) is 3.97. The average molecular weight is 388 g/mol. The van der Waals surface area contributed by atoms with Crippen molar-refractivity contribution in [1.29, 1.82) is 0 Å². The number of aryl methyl sites for hydroxylation is 1. The molecule has 3 rings (SSSR count). The predicted octanol–water partition coefficient (Wildman–Crippen LogP) is 3.80. The number of hydrogen-bond acceptors (Lipinski definition) is 5. The fourth-order valence-corrected chi connectivity index (χ4v) is 2.52. The number of nitrogens with zero attached hydrogens (tertiary/aromatic N) is 5. The van der Waals surface area contributed by atoms with Gasteiger partial charge in [0.25, 0.3) is 0 Å². The van der Waals surface area contributed by atoms with Crippen LogP contribution in [0, 0.1) is 6.92 Å². The van der Waals surface area contributed by atoms with Crippen molar-refractivity contribution < 1.29 is 13.2 Å².